The van der Waals surface area contributed by atoms with Crippen molar-refractivity contribution in [3.8, 4) is 22.7 Å². The molecule has 142 valence electrons. The van der Waals surface area contributed by atoms with E-state index in [1.807, 2.05) is 0 Å². The summed E-state index contributed by atoms with van der Waals surface area (Å²) in [6, 6.07) is 12.7. The Balaban J connectivity index is 2.36. The van der Waals surface area contributed by atoms with Gasteiger partial charge in [0.2, 0.25) is 10.0 Å². The first-order valence-electron chi connectivity index (χ1n) is 7.56. The number of hydrogen-bond acceptors (Lipinski definition) is 4. The van der Waals surface area contributed by atoms with E-state index in [0.29, 0.717) is 11.3 Å². The third-order valence-electron chi connectivity index (χ3n) is 3.78. The molecule has 27 heavy (non-hydrogen) atoms. The van der Waals surface area contributed by atoms with Gasteiger partial charge in [0.05, 0.1) is 18.5 Å². The highest BCUT2D eigenvalue weighted by atomic mass is 32.2. The Morgan fingerprint density at radius 2 is 1.70 bits per heavy atom. The van der Waals surface area contributed by atoms with Crippen LogP contribution < -0.4 is 9.88 Å². The van der Waals surface area contributed by atoms with Crippen molar-refractivity contribution in [3.05, 3.63) is 60.3 Å². The third-order valence-corrected chi connectivity index (χ3v) is 4.74. The van der Waals surface area contributed by atoms with Crippen LogP contribution in [0, 0.1) is 0 Å². The summed E-state index contributed by atoms with van der Waals surface area (Å²) in [4.78, 5) is -0.349. The number of methoxy groups -OCH3 is 1. The summed E-state index contributed by atoms with van der Waals surface area (Å²) in [6.45, 7) is 0. The fourth-order valence-electron chi connectivity index (χ4n) is 2.62. The van der Waals surface area contributed by atoms with Gasteiger partial charge in [-0.1, -0.05) is 24.3 Å². The molecule has 3 rings (SSSR count). The molecule has 0 spiro atoms. The minimum absolute atomic E-state index is 0.0101. The molecule has 0 aliphatic carbocycles. The van der Waals surface area contributed by atoms with Gasteiger partial charge < -0.3 is 4.74 Å². The average Bonchev–Trinajstić information content (AvgIpc) is 3.06. The molecule has 0 amide bonds. The summed E-state index contributed by atoms with van der Waals surface area (Å²) >= 11 is 0. The molecule has 0 bridgehead atoms. The highest BCUT2D eigenvalue weighted by molar-refractivity contribution is 7.89. The first-order chi connectivity index (χ1) is 12.6. The van der Waals surface area contributed by atoms with Gasteiger partial charge in [-0.05, 0) is 30.3 Å². The number of nitrogens with zero attached hydrogens (tertiary/aromatic N) is 2. The van der Waals surface area contributed by atoms with Crippen molar-refractivity contribution in [3.63, 3.8) is 0 Å². The molecular weight excluding hydrogens is 383 g/mol. The van der Waals surface area contributed by atoms with Crippen molar-refractivity contribution in [1.29, 1.82) is 0 Å². The zero-order chi connectivity index (χ0) is 19.8. The lowest BCUT2D eigenvalue weighted by Gasteiger charge is -2.13. The van der Waals surface area contributed by atoms with Gasteiger partial charge in [0, 0.05) is 5.56 Å². The van der Waals surface area contributed by atoms with Gasteiger partial charge >= 0.3 is 6.18 Å². The molecule has 6 nitrogen and oxygen atoms in total. The lowest BCUT2D eigenvalue weighted by atomic mass is 10.1. The molecule has 0 aliphatic rings. The molecule has 1 aromatic heterocycles. The van der Waals surface area contributed by atoms with Crippen molar-refractivity contribution in [1.82, 2.24) is 9.78 Å². The molecule has 0 saturated carbocycles. The van der Waals surface area contributed by atoms with Crippen LogP contribution in [0.4, 0.5) is 13.2 Å². The zero-order valence-corrected chi connectivity index (χ0v) is 14.8. The van der Waals surface area contributed by atoms with Crippen molar-refractivity contribution in [2.24, 2.45) is 5.14 Å². The molecule has 0 atom stereocenters. The van der Waals surface area contributed by atoms with Gasteiger partial charge in [0.15, 0.2) is 5.69 Å². The molecule has 0 aliphatic heterocycles. The third kappa shape index (κ3) is 3.67. The van der Waals surface area contributed by atoms with E-state index in [1.165, 1.54) is 31.4 Å². The Labute approximate surface area is 153 Å². The Morgan fingerprint density at radius 3 is 2.33 bits per heavy atom. The maximum absolute atomic E-state index is 13.3. The van der Waals surface area contributed by atoms with E-state index in [-0.39, 0.29) is 16.3 Å². The first-order valence-corrected chi connectivity index (χ1v) is 9.10. The fraction of sp³-hybridized carbons (Fsp3) is 0.118. The highest BCUT2D eigenvalue weighted by Crippen LogP contribution is 2.37. The minimum atomic E-state index is -4.72. The molecule has 0 saturated heterocycles. The smallest absolute Gasteiger partial charge is 0.435 e. The predicted molar refractivity (Wildman–Crippen MR) is 91.9 cm³/mol. The number of sulfonamides is 1. The second kappa shape index (κ2) is 6.71. The molecular formula is C17H14F3N3O3S. The van der Waals surface area contributed by atoms with Crippen LogP contribution in [0.15, 0.2) is 59.5 Å². The fourth-order valence-corrected chi connectivity index (χ4v) is 3.34. The number of alkyl halides is 3. The number of aromatic nitrogens is 2. The van der Waals surface area contributed by atoms with Crippen LogP contribution in [0.2, 0.25) is 0 Å². The SMILES string of the molecule is COc1ccccc1-c1cc(C(F)(F)F)nn1-c1ccccc1S(N)(=O)=O. The summed E-state index contributed by atoms with van der Waals surface area (Å²) in [5, 5.41) is 8.81. The largest absolute Gasteiger partial charge is 0.496 e. The summed E-state index contributed by atoms with van der Waals surface area (Å²) in [5.41, 5.74) is -0.952. The molecule has 2 aromatic carbocycles. The van der Waals surface area contributed by atoms with Gasteiger partial charge in [-0.3, -0.25) is 0 Å². The van der Waals surface area contributed by atoms with Crippen LogP contribution in [-0.2, 0) is 16.2 Å². The Hall–Kier alpha value is -2.85. The summed E-state index contributed by atoms with van der Waals surface area (Å²) in [7, 11) is -2.82. The van der Waals surface area contributed by atoms with Crippen molar-refractivity contribution in [2.45, 2.75) is 11.1 Å². The molecule has 1 heterocycles. The van der Waals surface area contributed by atoms with Gasteiger partial charge in [0.25, 0.3) is 0 Å². The number of halogens is 3. The number of benzene rings is 2. The van der Waals surface area contributed by atoms with Crippen molar-refractivity contribution < 1.29 is 26.3 Å². The predicted octanol–water partition coefficient (Wildman–Crippen LogP) is 3.21. The number of para-hydroxylation sites is 2. The maximum atomic E-state index is 13.3. The number of rotatable bonds is 4. The van der Waals surface area contributed by atoms with Gasteiger partial charge in [0.1, 0.15) is 10.6 Å². The standard InChI is InChI=1S/C17H14F3N3O3S/c1-26-14-8-4-2-6-11(14)13-10-16(17(18,19)20)22-23(13)12-7-3-5-9-15(12)27(21,24)25/h2-10H,1H3,(H2,21,24,25). The van der Waals surface area contributed by atoms with Crippen LogP contribution in [-0.4, -0.2) is 25.3 Å². The van der Waals surface area contributed by atoms with Crippen molar-refractivity contribution >= 4 is 10.0 Å². The molecule has 0 radical (unpaired) electrons. The highest BCUT2D eigenvalue weighted by Gasteiger charge is 2.36. The quantitative estimate of drug-likeness (QED) is 0.732. The van der Waals surface area contributed by atoms with E-state index >= 15 is 0 Å². The normalized spacial score (nSPS) is 12.2. The van der Waals surface area contributed by atoms with Crippen LogP contribution in [0.3, 0.4) is 0 Å². The summed E-state index contributed by atoms with van der Waals surface area (Å²) in [6.07, 6.45) is -4.72. The average molecular weight is 397 g/mol. The second-order valence-corrected chi connectivity index (χ2v) is 7.07. The Kier molecular flexibility index (Phi) is 4.70. The number of nitrogens with two attached hydrogens (primary N) is 1. The molecule has 3 aromatic rings. The van der Waals surface area contributed by atoms with E-state index in [9.17, 15) is 21.6 Å². The van der Waals surface area contributed by atoms with E-state index < -0.39 is 21.9 Å². The molecule has 2 N–H and O–H groups in total. The van der Waals surface area contributed by atoms with Crippen LogP contribution >= 0.6 is 0 Å². The van der Waals surface area contributed by atoms with E-state index in [2.05, 4.69) is 5.10 Å². The Bertz CT molecular complexity index is 1090. The summed E-state index contributed by atoms with van der Waals surface area (Å²) in [5.74, 6) is 0.306. The lowest BCUT2D eigenvalue weighted by Crippen LogP contribution is -2.16. The van der Waals surface area contributed by atoms with Gasteiger partial charge in [-0.15, -0.1) is 0 Å². The van der Waals surface area contributed by atoms with Crippen molar-refractivity contribution in [2.75, 3.05) is 7.11 Å². The van der Waals surface area contributed by atoms with E-state index in [4.69, 9.17) is 9.88 Å². The monoisotopic (exact) mass is 397 g/mol. The first kappa shape index (κ1) is 18.9. The van der Waals surface area contributed by atoms with Gasteiger partial charge in [-0.25, -0.2) is 18.2 Å². The maximum Gasteiger partial charge on any atom is 0.435 e. The van der Waals surface area contributed by atoms with E-state index in [0.717, 1.165) is 10.7 Å². The molecule has 0 unspecified atom stereocenters. The van der Waals surface area contributed by atoms with Crippen LogP contribution in [0.1, 0.15) is 5.69 Å². The topological polar surface area (TPSA) is 87.2 Å². The minimum Gasteiger partial charge on any atom is -0.496 e. The lowest BCUT2D eigenvalue weighted by molar-refractivity contribution is -0.141. The second-order valence-electron chi connectivity index (χ2n) is 5.54. The number of primary sulfonamides is 1. The van der Waals surface area contributed by atoms with E-state index in [1.54, 1.807) is 24.3 Å². The van der Waals surface area contributed by atoms with Gasteiger partial charge in [-0.2, -0.15) is 18.3 Å². The number of ether oxygens (including phenoxy) is 1. The summed E-state index contributed by atoms with van der Waals surface area (Å²) < 4.78 is 69.7. The van der Waals surface area contributed by atoms with Crippen LogP contribution in [0.25, 0.3) is 16.9 Å². The van der Waals surface area contributed by atoms with Crippen LogP contribution in [0.5, 0.6) is 5.75 Å². The zero-order valence-electron chi connectivity index (χ0n) is 13.9. The number of hydrogen-bond donors (Lipinski definition) is 1. The molecule has 10 heteroatoms. The molecule has 0 fully saturated rings. The Morgan fingerprint density at radius 1 is 1.07 bits per heavy atom.